The third-order valence-electron chi connectivity index (χ3n) is 2.54. The summed E-state index contributed by atoms with van der Waals surface area (Å²) in [5.74, 6) is 0. The Morgan fingerprint density at radius 1 is 0.387 bits per heavy atom. The quantitative estimate of drug-likeness (QED) is 0.152. The van der Waals surface area contributed by atoms with E-state index in [0.717, 1.165) is 7.96 Å². The highest BCUT2D eigenvalue weighted by Gasteiger charge is 2.51. The van der Waals surface area contributed by atoms with Crippen LogP contribution in [0.2, 0.25) is 0 Å². The maximum absolute atomic E-state index is 4.26. The molecular weight excluding hydrogens is 960 g/mol. The van der Waals surface area contributed by atoms with E-state index in [4.69, 9.17) is 0 Å². The first-order valence-corrected chi connectivity index (χ1v) is 62.2. The fourth-order valence-electron chi connectivity index (χ4n) is 1.66. The Bertz CT molecular complexity index is 409. The molecule has 0 aromatic heterocycles. The highest BCUT2D eigenvalue weighted by atomic mass is 33.5. The van der Waals surface area contributed by atoms with E-state index < -0.39 is 0 Å². The first-order valence-electron chi connectivity index (χ1n) is 6.91. The minimum Gasteiger partial charge on any atom is -0.102 e. The van der Waals surface area contributed by atoms with Crippen molar-refractivity contribution in [1.82, 2.24) is 0 Å². The van der Waals surface area contributed by atoms with E-state index in [9.17, 15) is 0 Å². The van der Waals surface area contributed by atoms with Crippen molar-refractivity contribution in [3.63, 3.8) is 0 Å². The molecule has 0 saturated carbocycles. The summed E-state index contributed by atoms with van der Waals surface area (Å²) in [5, 5.41) is 0. The second-order valence-corrected chi connectivity index (χ2v) is 127. The molecule has 186 valence electrons. The lowest BCUT2D eigenvalue weighted by molar-refractivity contribution is 4.42. The van der Waals surface area contributed by atoms with Crippen molar-refractivity contribution in [2.75, 3.05) is 0 Å². The highest BCUT2D eigenvalue weighted by molar-refractivity contribution is 9.44. The monoisotopic (exact) mass is 991 g/mol. The molecule has 21 unspecified atom stereocenters. The Morgan fingerprint density at radius 3 is 0.839 bits per heavy atom. The fraction of sp³-hybridized carbons (Fsp3) is 0. The van der Waals surface area contributed by atoms with E-state index in [1.807, 2.05) is 0 Å². The summed E-state index contributed by atoms with van der Waals surface area (Å²) in [4.78, 5) is 0. The van der Waals surface area contributed by atoms with Crippen molar-refractivity contribution in [1.29, 1.82) is 0 Å². The van der Waals surface area contributed by atoms with Gasteiger partial charge in [-0.25, -0.2) is 0 Å². The standard InChI is InChI=1S/H31P31/c1-17-25(16)29(24(14)15)31(28(22(10)11)23(12)13)30(26(18(2)3)19(4)5)27(20(6)7)21(8)9/h1-2,17H,3-16H2. The van der Waals surface area contributed by atoms with E-state index in [1.165, 1.54) is 0 Å². The second-order valence-electron chi connectivity index (χ2n) is 4.69. The van der Waals surface area contributed by atoms with Crippen LogP contribution in [0.5, 0.6) is 0 Å². The molecule has 0 bridgehead atoms. The smallest absolute Gasteiger partial charge is 0.000322 e. The zero-order chi connectivity index (χ0) is 24.8. The van der Waals surface area contributed by atoms with Crippen molar-refractivity contribution in [3.05, 3.63) is 0 Å². The Morgan fingerprint density at radius 2 is 0.645 bits per heavy atom. The summed E-state index contributed by atoms with van der Waals surface area (Å²) in [6.45, 7) is -0.645. The first-order chi connectivity index (χ1) is 14.1. The number of hydrogen-bond acceptors (Lipinski definition) is 0. The molecule has 0 spiro atoms. The normalized spacial score (nSPS) is 17.1. The van der Waals surface area contributed by atoms with Gasteiger partial charge in [-0.15, -0.1) is 125 Å². The molecule has 0 aromatic carbocycles. The summed E-state index contributed by atoms with van der Waals surface area (Å²) in [6.07, 6.45) is 0. The lowest BCUT2D eigenvalue weighted by Gasteiger charge is -2.52. The summed E-state index contributed by atoms with van der Waals surface area (Å²) in [6, 6.07) is 0. The van der Waals surface area contributed by atoms with Crippen LogP contribution in [0, 0.1) is 0 Å². The van der Waals surface area contributed by atoms with Gasteiger partial charge in [-0.05, 0) is 97.8 Å². The lowest BCUT2D eigenvalue weighted by atomic mass is 28.5. The van der Waals surface area contributed by atoms with E-state index in [-0.39, 0.29) is 97.8 Å². The van der Waals surface area contributed by atoms with Crippen molar-refractivity contribution in [3.8, 4) is 0 Å². The molecule has 31 heavy (non-hydrogen) atoms. The minimum atomic E-state index is -0.177. The van der Waals surface area contributed by atoms with Gasteiger partial charge < -0.3 is 0 Å². The molecule has 0 fully saturated rings. The predicted octanol–water partition coefficient (Wildman–Crippen LogP) is 18.4. The number of hydrogen-bond donors (Lipinski definition) is 0. The van der Waals surface area contributed by atoms with Crippen LogP contribution in [0.1, 0.15) is 0 Å². The lowest BCUT2D eigenvalue weighted by Crippen LogP contribution is -1.64. The molecule has 0 aromatic rings. The summed E-state index contributed by atoms with van der Waals surface area (Å²) >= 11 is 0. The minimum absolute atomic E-state index is 0.00416. The molecule has 0 saturated heterocycles. The Balaban J connectivity index is 7.23. The average Bonchev–Trinajstić information content (AvgIpc) is 2.57. The van der Waals surface area contributed by atoms with E-state index in [2.05, 4.69) is 143 Å². The third-order valence-corrected chi connectivity index (χ3v) is 206. The molecule has 0 aliphatic heterocycles. The van der Waals surface area contributed by atoms with Gasteiger partial charge in [0.25, 0.3) is 0 Å². The Labute approximate surface area is 245 Å². The van der Waals surface area contributed by atoms with Gasteiger partial charge in [0.15, 0.2) is 0 Å². The van der Waals surface area contributed by atoms with Crippen LogP contribution in [-0.4, -0.2) is 0 Å². The van der Waals surface area contributed by atoms with Crippen molar-refractivity contribution < 1.29 is 0 Å². The van der Waals surface area contributed by atoms with E-state index >= 15 is 0 Å². The molecule has 0 aliphatic rings. The predicted molar refractivity (Wildman–Crippen MR) is 258 cm³/mol. The highest BCUT2D eigenvalue weighted by Crippen LogP contribution is 3.38. The van der Waals surface area contributed by atoms with Gasteiger partial charge in [-0.1, -0.05) is 25.8 Å². The van der Waals surface area contributed by atoms with E-state index in [0.29, 0.717) is 0 Å². The third kappa shape index (κ3) is 16.3. The van der Waals surface area contributed by atoms with Gasteiger partial charge >= 0.3 is 0 Å². The zero-order valence-corrected chi connectivity index (χ0v) is 47.5. The molecule has 0 N–H and O–H groups in total. The summed E-state index contributed by atoms with van der Waals surface area (Å²) < 4.78 is 0. The van der Waals surface area contributed by atoms with Crippen LogP contribution < -0.4 is 0 Å². The second kappa shape index (κ2) is 24.5. The van der Waals surface area contributed by atoms with E-state index in [1.54, 1.807) is 0 Å². The molecule has 0 nitrogen and oxygen atoms in total. The van der Waals surface area contributed by atoms with Gasteiger partial charge in [0, 0.05) is 0 Å². The summed E-state index contributed by atoms with van der Waals surface area (Å²) in [7, 11) is 55.3. The Kier molecular flexibility index (Phi) is 35.0. The molecule has 21 atom stereocenters. The van der Waals surface area contributed by atoms with Crippen LogP contribution in [0.25, 0.3) is 0 Å². The van der Waals surface area contributed by atoms with Crippen molar-refractivity contribution in [2.24, 2.45) is 0 Å². The molecule has 0 amide bonds. The maximum Gasteiger partial charge on any atom is -0.000322 e. The van der Waals surface area contributed by atoms with Gasteiger partial charge in [0.2, 0.25) is 0 Å². The van der Waals surface area contributed by atoms with Gasteiger partial charge in [-0.2, -0.15) is 0 Å². The molecule has 0 rings (SSSR count). The summed E-state index contributed by atoms with van der Waals surface area (Å²) in [5.41, 5.74) is 0. The fourth-order valence-corrected chi connectivity index (χ4v) is 404. The van der Waals surface area contributed by atoms with Crippen LogP contribution in [0.15, 0.2) is 0 Å². The molecular formula is H31P31. The molecule has 0 heterocycles. The zero-order valence-electron chi connectivity index (χ0n) is 15.8. The number of rotatable bonds is 14. The molecule has 31 heteroatoms. The van der Waals surface area contributed by atoms with Crippen molar-refractivity contribution in [2.45, 2.75) is 0 Å². The molecule has 2 radical (unpaired) electrons. The van der Waals surface area contributed by atoms with Gasteiger partial charge in [0.1, 0.15) is 0 Å². The largest absolute Gasteiger partial charge is 0.102 e. The van der Waals surface area contributed by atoms with Crippen LogP contribution >= 0.6 is 249 Å². The maximum atomic E-state index is 4.26. The van der Waals surface area contributed by atoms with Gasteiger partial charge in [-0.3, -0.25) is 0 Å². The SMILES string of the molecule is [PH]PP(P)P(P(P)P)P(P(P(P)P)P(P)P)P(P(P([PH])P)P(P)P)P(P(P)P)P(P)P. The van der Waals surface area contributed by atoms with Crippen LogP contribution in [0.3, 0.4) is 0 Å². The topological polar surface area (TPSA) is 0 Å². The average molecular weight is 991 g/mol. The van der Waals surface area contributed by atoms with Crippen LogP contribution in [-0.2, 0) is 0 Å². The van der Waals surface area contributed by atoms with Crippen LogP contribution in [0.4, 0.5) is 0 Å². The first kappa shape index (κ1) is 44.3. The van der Waals surface area contributed by atoms with Gasteiger partial charge in [0.05, 0.1) is 0 Å². The van der Waals surface area contributed by atoms with Crippen molar-refractivity contribution >= 4 is 249 Å². The Hall–Kier alpha value is 13.3. The molecule has 0 aliphatic carbocycles.